The normalized spacial score (nSPS) is 15.5. The van der Waals surface area contributed by atoms with E-state index in [0.29, 0.717) is 5.56 Å². The van der Waals surface area contributed by atoms with E-state index in [1.54, 1.807) is 6.92 Å². The van der Waals surface area contributed by atoms with Gasteiger partial charge in [-0.2, -0.15) is 0 Å². The average molecular weight is 415 g/mol. The standard InChI is InChI=1S/C25H26N4O2/c1-17(30)29-10-4-9-28(11-12-29)16-18-7-8-23-20(13-18)15-24(26-23)21-14-19-5-2-3-6-22(19)27-25(21)31/h2-3,5-8,13-15,26H,4,9-12,16H2,1H3,(H,27,31). The molecule has 31 heavy (non-hydrogen) atoms. The fourth-order valence-electron chi connectivity index (χ4n) is 4.48. The summed E-state index contributed by atoms with van der Waals surface area (Å²) in [5.41, 5.74) is 4.48. The number of hydrogen-bond donors (Lipinski definition) is 2. The van der Waals surface area contributed by atoms with Crippen LogP contribution in [-0.4, -0.2) is 51.9 Å². The van der Waals surface area contributed by atoms with Crippen LogP contribution in [0.3, 0.4) is 0 Å². The monoisotopic (exact) mass is 414 g/mol. The largest absolute Gasteiger partial charge is 0.354 e. The lowest BCUT2D eigenvalue weighted by Crippen LogP contribution is -2.33. The smallest absolute Gasteiger partial charge is 0.257 e. The van der Waals surface area contributed by atoms with Crippen LogP contribution in [0.25, 0.3) is 33.1 Å². The number of H-pyrrole nitrogens is 2. The number of aromatic amines is 2. The van der Waals surface area contributed by atoms with Crippen LogP contribution in [0.15, 0.2) is 59.4 Å². The lowest BCUT2D eigenvalue weighted by molar-refractivity contribution is -0.128. The van der Waals surface area contributed by atoms with E-state index in [0.717, 1.165) is 66.6 Å². The molecule has 1 aliphatic rings. The first-order valence-electron chi connectivity index (χ1n) is 10.8. The Morgan fingerprint density at radius 2 is 1.74 bits per heavy atom. The molecule has 5 rings (SSSR count). The van der Waals surface area contributed by atoms with Gasteiger partial charge in [0.25, 0.3) is 5.56 Å². The van der Waals surface area contributed by atoms with E-state index in [9.17, 15) is 9.59 Å². The molecular weight excluding hydrogens is 388 g/mol. The highest BCUT2D eigenvalue weighted by molar-refractivity contribution is 5.89. The quantitative estimate of drug-likeness (QED) is 0.537. The summed E-state index contributed by atoms with van der Waals surface area (Å²) in [6.45, 7) is 6.02. The van der Waals surface area contributed by atoms with Crippen molar-refractivity contribution in [2.45, 2.75) is 19.9 Å². The zero-order valence-electron chi connectivity index (χ0n) is 17.6. The Hall–Kier alpha value is -3.38. The van der Waals surface area contributed by atoms with E-state index in [1.807, 2.05) is 35.2 Å². The van der Waals surface area contributed by atoms with Crippen LogP contribution in [0.2, 0.25) is 0 Å². The number of fused-ring (bicyclic) bond motifs is 2. The summed E-state index contributed by atoms with van der Waals surface area (Å²) in [7, 11) is 0. The summed E-state index contributed by atoms with van der Waals surface area (Å²) in [5, 5.41) is 2.11. The second-order valence-electron chi connectivity index (χ2n) is 8.34. The minimum atomic E-state index is -0.0925. The van der Waals surface area contributed by atoms with Crippen molar-refractivity contribution in [1.29, 1.82) is 0 Å². The van der Waals surface area contributed by atoms with Crippen molar-refractivity contribution >= 4 is 27.7 Å². The van der Waals surface area contributed by atoms with Crippen molar-refractivity contribution in [2.24, 2.45) is 0 Å². The molecule has 2 aromatic carbocycles. The predicted octanol–water partition coefficient (Wildman–Crippen LogP) is 3.73. The van der Waals surface area contributed by atoms with Crippen LogP contribution in [0, 0.1) is 0 Å². The molecule has 0 bridgehead atoms. The number of hydrogen-bond acceptors (Lipinski definition) is 3. The highest BCUT2D eigenvalue weighted by atomic mass is 16.2. The molecule has 0 spiro atoms. The molecule has 0 aliphatic carbocycles. The average Bonchev–Trinajstić information content (AvgIpc) is 3.03. The molecule has 4 aromatic rings. The lowest BCUT2D eigenvalue weighted by atomic mass is 10.1. The molecule has 1 fully saturated rings. The van der Waals surface area contributed by atoms with Crippen molar-refractivity contribution in [3.63, 3.8) is 0 Å². The second kappa shape index (κ2) is 8.04. The summed E-state index contributed by atoms with van der Waals surface area (Å²) in [5.74, 6) is 0.159. The maximum atomic E-state index is 12.6. The third-order valence-electron chi connectivity index (χ3n) is 6.17. The maximum absolute atomic E-state index is 12.6. The van der Waals surface area contributed by atoms with Crippen LogP contribution >= 0.6 is 0 Å². The van der Waals surface area contributed by atoms with Gasteiger partial charge < -0.3 is 14.9 Å². The highest BCUT2D eigenvalue weighted by Gasteiger charge is 2.17. The third-order valence-corrected chi connectivity index (χ3v) is 6.17. The van der Waals surface area contributed by atoms with Crippen molar-refractivity contribution in [3.05, 3.63) is 70.5 Å². The molecule has 158 valence electrons. The Kier molecular flexibility index (Phi) is 5.08. The molecule has 1 aliphatic heterocycles. The number of rotatable bonds is 3. The molecule has 6 nitrogen and oxygen atoms in total. The molecule has 0 saturated carbocycles. The molecule has 6 heteroatoms. The van der Waals surface area contributed by atoms with Gasteiger partial charge in [-0.15, -0.1) is 0 Å². The Balaban J connectivity index is 1.40. The molecule has 2 aromatic heterocycles. The van der Waals surface area contributed by atoms with Gasteiger partial charge in [-0.1, -0.05) is 24.3 Å². The van der Waals surface area contributed by atoms with Gasteiger partial charge >= 0.3 is 0 Å². The maximum Gasteiger partial charge on any atom is 0.257 e. The van der Waals surface area contributed by atoms with Gasteiger partial charge in [0.15, 0.2) is 0 Å². The van der Waals surface area contributed by atoms with E-state index < -0.39 is 0 Å². The number of pyridine rings is 1. The first-order valence-corrected chi connectivity index (χ1v) is 10.8. The number of aromatic nitrogens is 2. The Bertz CT molecular complexity index is 1320. The SMILES string of the molecule is CC(=O)N1CCCN(Cc2ccc3[nH]c(-c4cc5ccccc5[nH]c4=O)cc3c2)CC1. The highest BCUT2D eigenvalue weighted by Crippen LogP contribution is 2.25. The van der Waals surface area contributed by atoms with Gasteiger partial charge in [0.05, 0.1) is 11.3 Å². The van der Waals surface area contributed by atoms with E-state index in [-0.39, 0.29) is 11.5 Å². The molecule has 1 amide bonds. The van der Waals surface area contributed by atoms with Crippen molar-refractivity contribution in [2.75, 3.05) is 26.2 Å². The number of nitrogens with one attached hydrogen (secondary N) is 2. The van der Waals surface area contributed by atoms with Gasteiger partial charge in [0.2, 0.25) is 5.91 Å². The van der Waals surface area contributed by atoms with Crippen molar-refractivity contribution in [1.82, 2.24) is 19.8 Å². The van der Waals surface area contributed by atoms with E-state index in [1.165, 1.54) is 5.56 Å². The van der Waals surface area contributed by atoms with Gasteiger partial charge in [-0.3, -0.25) is 14.5 Å². The summed E-state index contributed by atoms with van der Waals surface area (Å²) in [4.78, 5) is 35.0. The Labute approximate surface area is 180 Å². The number of carbonyl (C=O) groups excluding carboxylic acids is 1. The van der Waals surface area contributed by atoms with E-state index in [2.05, 4.69) is 39.1 Å². The van der Waals surface area contributed by atoms with E-state index in [4.69, 9.17) is 0 Å². The van der Waals surface area contributed by atoms with Crippen LogP contribution in [-0.2, 0) is 11.3 Å². The summed E-state index contributed by atoms with van der Waals surface area (Å²) >= 11 is 0. The van der Waals surface area contributed by atoms with Crippen LogP contribution in [0.5, 0.6) is 0 Å². The number of amides is 1. The van der Waals surface area contributed by atoms with Crippen LogP contribution in [0.4, 0.5) is 0 Å². The number of carbonyl (C=O) groups is 1. The summed E-state index contributed by atoms with van der Waals surface area (Å²) in [6, 6.07) is 18.2. The van der Waals surface area contributed by atoms with Gasteiger partial charge in [0, 0.05) is 56.1 Å². The molecule has 0 radical (unpaired) electrons. The van der Waals surface area contributed by atoms with Gasteiger partial charge in [0.1, 0.15) is 0 Å². The minimum absolute atomic E-state index is 0.0925. The Morgan fingerprint density at radius 3 is 2.61 bits per heavy atom. The molecule has 2 N–H and O–H groups in total. The summed E-state index contributed by atoms with van der Waals surface area (Å²) in [6.07, 6.45) is 1.00. The predicted molar refractivity (Wildman–Crippen MR) is 124 cm³/mol. The van der Waals surface area contributed by atoms with Gasteiger partial charge in [-0.25, -0.2) is 0 Å². The first kappa shape index (κ1) is 19.6. The molecule has 0 unspecified atom stereocenters. The number of benzene rings is 2. The van der Waals surface area contributed by atoms with Crippen LogP contribution < -0.4 is 5.56 Å². The zero-order chi connectivity index (χ0) is 21.4. The van der Waals surface area contributed by atoms with Crippen LogP contribution in [0.1, 0.15) is 18.9 Å². The fourth-order valence-corrected chi connectivity index (χ4v) is 4.48. The first-order chi connectivity index (χ1) is 15.1. The van der Waals surface area contributed by atoms with Crippen molar-refractivity contribution in [3.8, 4) is 11.3 Å². The molecule has 1 saturated heterocycles. The fraction of sp³-hybridized carbons (Fsp3) is 0.280. The third kappa shape index (κ3) is 3.99. The number of para-hydroxylation sites is 1. The zero-order valence-corrected chi connectivity index (χ0v) is 17.6. The Morgan fingerprint density at radius 1 is 0.903 bits per heavy atom. The summed E-state index contributed by atoms with van der Waals surface area (Å²) < 4.78 is 0. The lowest BCUT2D eigenvalue weighted by Gasteiger charge is -2.21. The van der Waals surface area contributed by atoms with E-state index >= 15 is 0 Å². The molecule has 3 heterocycles. The van der Waals surface area contributed by atoms with Crippen molar-refractivity contribution < 1.29 is 4.79 Å². The molecular formula is C25H26N4O2. The molecule has 0 atom stereocenters. The minimum Gasteiger partial charge on any atom is -0.354 e. The number of nitrogens with zero attached hydrogens (tertiary/aromatic N) is 2. The second-order valence-corrected chi connectivity index (χ2v) is 8.34. The topological polar surface area (TPSA) is 72.2 Å². The van der Waals surface area contributed by atoms with Gasteiger partial charge in [-0.05, 0) is 47.7 Å².